The lowest BCUT2D eigenvalue weighted by molar-refractivity contribution is -0.143. The van der Waals surface area contributed by atoms with Gasteiger partial charge in [0.05, 0.1) is 20.3 Å². The van der Waals surface area contributed by atoms with Crippen molar-refractivity contribution in [2.75, 3.05) is 52.3 Å². The molecule has 0 aliphatic carbocycles. The van der Waals surface area contributed by atoms with E-state index >= 15 is 0 Å². The third-order valence-corrected chi connectivity index (χ3v) is 5.96. The molecule has 0 bridgehead atoms. The average molecular weight is 456 g/mol. The van der Waals surface area contributed by atoms with E-state index in [9.17, 15) is 9.59 Å². The molecule has 2 heterocycles. The normalized spacial score (nSPS) is 18.9. The molecule has 1 saturated heterocycles. The molecule has 33 heavy (non-hydrogen) atoms. The number of fused-ring (bicyclic) bond motifs is 1. The summed E-state index contributed by atoms with van der Waals surface area (Å²) in [5.41, 5.74) is 0.603. The Labute approximate surface area is 193 Å². The van der Waals surface area contributed by atoms with E-state index in [4.69, 9.17) is 18.9 Å². The minimum atomic E-state index is -0.657. The number of piperazine rings is 1. The Morgan fingerprint density at radius 2 is 1.64 bits per heavy atom. The molecule has 1 N–H and O–H groups in total. The molecule has 2 aromatic carbocycles. The van der Waals surface area contributed by atoms with Crippen LogP contribution in [-0.4, -0.2) is 80.8 Å². The molecule has 0 aromatic heterocycles. The molecule has 2 aromatic rings. The van der Waals surface area contributed by atoms with Crippen LogP contribution in [0, 0.1) is 0 Å². The highest BCUT2D eigenvalue weighted by molar-refractivity contribution is 5.95. The number of amides is 2. The second kappa shape index (κ2) is 9.99. The number of carbonyl (C=O) groups excluding carboxylic acids is 2. The molecule has 0 saturated carbocycles. The van der Waals surface area contributed by atoms with Crippen LogP contribution in [0.3, 0.4) is 0 Å². The second-order valence-corrected chi connectivity index (χ2v) is 7.99. The van der Waals surface area contributed by atoms with E-state index in [0.717, 1.165) is 0 Å². The smallest absolute Gasteiger partial charge is 0.267 e. The summed E-state index contributed by atoms with van der Waals surface area (Å²) in [6, 6.07) is 12.2. The molecular weight excluding hydrogens is 426 g/mol. The molecular formula is C24H29N3O6. The molecule has 176 valence electrons. The van der Waals surface area contributed by atoms with E-state index in [-0.39, 0.29) is 24.5 Å². The Balaban J connectivity index is 1.30. The second-order valence-electron chi connectivity index (χ2n) is 7.99. The zero-order valence-electron chi connectivity index (χ0n) is 19.1. The lowest BCUT2D eigenvalue weighted by atomic mass is 10.2. The predicted octanol–water partition coefficient (Wildman–Crippen LogP) is 2.01. The van der Waals surface area contributed by atoms with Crippen molar-refractivity contribution in [3.8, 4) is 23.0 Å². The first-order valence-corrected chi connectivity index (χ1v) is 10.9. The molecule has 4 rings (SSSR count). The average Bonchev–Trinajstić information content (AvgIpc) is 2.87. The Bertz CT molecular complexity index is 983. The Morgan fingerprint density at radius 1 is 1.00 bits per heavy atom. The quantitative estimate of drug-likeness (QED) is 0.713. The first-order valence-electron chi connectivity index (χ1n) is 10.9. The van der Waals surface area contributed by atoms with Crippen molar-refractivity contribution < 1.29 is 28.5 Å². The standard InChI is InChI=1S/C24H29N3O6/c1-16(23(28)25-17-12-18(30-2)14-19(13-17)31-3)26-8-10-27(11-9-26)24(29)22-15-32-20-6-4-5-7-21(20)33-22/h4-7,12-14,16,22H,8-11,15H2,1-3H3,(H,25,28)/t16-,22+/m1/s1. The Morgan fingerprint density at radius 3 is 2.27 bits per heavy atom. The molecule has 1 fully saturated rings. The van der Waals surface area contributed by atoms with Crippen LogP contribution in [0.5, 0.6) is 23.0 Å². The summed E-state index contributed by atoms with van der Waals surface area (Å²) < 4.78 is 22.0. The van der Waals surface area contributed by atoms with Crippen molar-refractivity contribution in [2.45, 2.75) is 19.1 Å². The van der Waals surface area contributed by atoms with Crippen molar-refractivity contribution in [3.63, 3.8) is 0 Å². The summed E-state index contributed by atoms with van der Waals surface area (Å²) in [5.74, 6) is 2.21. The third kappa shape index (κ3) is 5.14. The Hall–Kier alpha value is -3.46. The third-order valence-electron chi connectivity index (χ3n) is 5.96. The molecule has 9 heteroatoms. The fourth-order valence-electron chi connectivity index (χ4n) is 3.97. The summed E-state index contributed by atoms with van der Waals surface area (Å²) >= 11 is 0. The SMILES string of the molecule is COc1cc(NC(=O)[C@@H](C)N2CCN(C(=O)[C@@H]3COc4ccccc4O3)CC2)cc(OC)c1. The summed E-state index contributed by atoms with van der Waals surface area (Å²) in [7, 11) is 3.13. The fraction of sp³-hybridized carbons (Fsp3) is 0.417. The molecule has 2 aliphatic heterocycles. The Kier molecular flexibility index (Phi) is 6.88. The van der Waals surface area contributed by atoms with Gasteiger partial charge in [0, 0.05) is 50.1 Å². The van der Waals surface area contributed by atoms with E-state index in [1.54, 1.807) is 43.4 Å². The number of carbonyl (C=O) groups is 2. The van der Waals surface area contributed by atoms with Crippen molar-refractivity contribution in [1.82, 2.24) is 9.80 Å². The van der Waals surface area contributed by atoms with E-state index in [0.29, 0.717) is 54.9 Å². The van der Waals surface area contributed by atoms with Gasteiger partial charge in [-0.1, -0.05) is 12.1 Å². The van der Waals surface area contributed by atoms with E-state index in [1.165, 1.54) is 0 Å². The van der Waals surface area contributed by atoms with Crippen LogP contribution in [0.25, 0.3) is 0 Å². The largest absolute Gasteiger partial charge is 0.497 e. The van der Waals surface area contributed by atoms with Crippen molar-refractivity contribution in [3.05, 3.63) is 42.5 Å². The minimum Gasteiger partial charge on any atom is -0.497 e. The molecule has 2 atom stereocenters. The summed E-state index contributed by atoms with van der Waals surface area (Å²) in [5, 5.41) is 2.93. The van der Waals surface area contributed by atoms with Crippen molar-refractivity contribution in [1.29, 1.82) is 0 Å². The number of methoxy groups -OCH3 is 2. The van der Waals surface area contributed by atoms with Crippen LogP contribution in [0.4, 0.5) is 5.69 Å². The van der Waals surface area contributed by atoms with Crippen molar-refractivity contribution >= 4 is 17.5 Å². The zero-order valence-corrected chi connectivity index (χ0v) is 19.1. The van der Waals surface area contributed by atoms with Gasteiger partial charge in [-0.2, -0.15) is 0 Å². The summed E-state index contributed by atoms with van der Waals surface area (Å²) in [6.45, 7) is 4.27. The van der Waals surface area contributed by atoms with Crippen molar-refractivity contribution in [2.24, 2.45) is 0 Å². The zero-order chi connectivity index (χ0) is 23.4. The van der Waals surface area contributed by atoms with Gasteiger partial charge in [0.25, 0.3) is 5.91 Å². The number of hydrogen-bond acceptors (Lipinski definition) is 7. The molecule has 0 spiro atoms. The van der Waals surface area contributed by atoms with Crippen LogP contribution in [-0.2, 0) is 9.59 Å². The predicted molar refractivity (Wildman–Crippen MR) is 122 cm³/mol. The van der Waals surface area contributed by atoms with Gasteiger partial charge in [0.1, 0.15) is 18.1 Å². The van der Waals surface area contributed by atoms with Gasteiger partial charge in [0.2, 0.25) is 12.0 Å². The number of nitrogens with zero attached hydrogens (tertiary/aromatic N) is 2. The first kappa shape index (κ1) is 22.7. The maximum Gasteiger partial charge on any atom is 0.267 e. The van der Waals surface area contributed by atoms with Gasteiger partial charge in [-0.05, 0) is 19.1 Å². The van der Waals surface area contributed by atoms with Gasteiger partial charge in [0.15, 0.2) is 11.5 Å². The van der Waals surface area contributed by atoms with E-state index in [2.05, 4.69) is 10.2 Å². The topological polar surface area (TPSA) is 89.6 Å². The van der Waals surface area contributed by atoms with Crippen LogP contribution in [0.15, 0.2) is 42.5 Å². The molecule has 2 amide bonds. The maximum absolute atomic E-state index is 12.9. The highest BCUT2D eigenvalue weighted by atomic mass is 16.6. The lowest BCUT2D eigenvalue weighted by Gasteiger charge is -2.39. The highest BCUT2D eigenvalue weighted by Gasteiger charge is 2.34. The van der Waals surface area contributed by atoms with E-state index in [1.807, 2.05) is 25.1 Å². The number of rotatable bonds is 6. The number of benzene rings is 2. The van der Waals surface area contributed by atoms with Crippen LogP contribution in [0.1, 0.15) is 6.92 Å². The number of anilines is 1. The minimum absolute atomic E-state index is 0.0928. The number of ether oxygens (including phenoxy) is 4. The van der Waals surface area contributed by atoms with E-state index < -0.39 is 6.10 Å². The number of nitrogens with one attached hydrogen (secondary N) is 1. The number of hydrogen-bond donors (Lipinski definition) is 1. The summed E-state index contributed by atoms with van der Waals surface area (Å²) in [6.07, 6.45) is -0.657. The first-order chi connectivity index (χ1) is 16.0. The molecule has 0 unspecified atom stereocenters. The summed E-state index contributed by atoms with van der Waals surface area (Å²) in [4.78, 5) is 29.6. The molecule has 2 aliphatic rings. The van der Waals surface area contributed by atoms with Gasteiger partial charge in [-0.3, -0.25) is 14.5 Å². The number of para-hydroxylation sites is 2. The maximum atomic E-state index is 12.9. The lowest BCUT2D eigenvalue weighted by Crippen LogP contribution is -2.57. The van der Waals surface area contributed by atoms with Gasteiger partial charge >= 0.3 is 0 Å². The van der Waals surface area contributed by atoms with Crippen LogP contribution >= 0.6 is 0 Å². The van der Waals surface area contributed by atoms with Crippen LogP contribution in [0.2, 0.25) is 0 Å². The van der Waals surface area contributed by atoms with Gasteiger partial charge in [-0.25, -0.2) is 0 Å². The van der Waals surface area contributed by atoms with Crippen LogP contribution < -0.4 is 24.3 Å². The van der Waals surface area contributed by atoms with Gasteiger partial charge in [-0.15, -0.1) is 0 Å². The fourth-order valence-corrected chi connectivity index (χ4v) is 3.97. The molecule has 0 radical (unpaired) electrons. The van der Waals surface area contributed by atoms with Gasteiger partial charge < -0.3 is 29.2 Å². The molecule has 9 nitrogen and oxygen atoms in total. The highest BCUT2D eigenvalue weighted by Crippen LogP contribution is 2.31. The monoisotopic (exact) mass is 455 g/mol.